The molecule has 1 N–H and O–H groups in total. The number of aromatic hydroxyl groups is 1. The lowest BCUT2D eigenvalue weighted by Gasteiger charge is -2.48. The Bertz CT molecular complexity index is 1160. The van der Waals surface area contributed by atoms with E-state index in [9.17, 15) is 19.1 Å². The molecule has 0 amide bonds. The van der Waals surface area contributed by atoms with Crippen LogP contribution in [0.25, 0.3) is 0 Å². The topological polar surface area (TPSA) is 94.5 Å². The predicted molar refractivity (Wildman–Crippen MR) is 130 cm³/mol. The first-order valence-electron chi connectivity index (χ1n) is 12.1. The molecule has 2 aliphatic rings. The zero-order chi connectivity index (χ0) is 26.1. The largest absolute Gasteiger partial charge is 0.507 e. The Labute approximate surface area is 209 Å². The number of hydrogen-bond acceptors (Lipinski definition) is 8. The zero-order valence-electron chi connectivity index (χ0n) is 21.1. The van der Waals surface area contributed by atoms with Gasteiger partial charge in [-0.1, -0.05) is 6.07 Å². The van der Waals surface area contributed by atoms with E-state index in [-0.39, 0.29) is 36.7 Å². The number of phenols is 1. The maximum atomic E-state index is 14.1. The van der Waals surface area contributed by atoms with Crippen LogP contribution in [0.4, 0.5) is 10.1 Å². The van der Waals surface area contributed by atoms with Gasteiger partial charge in [0.15, 0.2) is 11.4 Å². The highest BCUT2D eigenvalue weighted by atomic mass is 19.1. The van der Waals surface area contributed by atoms with Gasteiger partial charge in [0.2, 0.25) is 0 Å². The van der Waals surface area contributed by atoms with Crippen LogP contribution in [0.15, 0.2) is 30.3 Å². The van der Waals surface area contributed by atoms with Crippen LogP contribution in [-0.4, -0.2) is 62.0 Å². The summed E-state index contributed by atoms with van der Waals surface area (Å²) in [5.41, 5.74) is -1.76. The first kappa shape index (κ1) is 25.8. The number of ketones is 1. The van der Waals surface area contributed by atoms with Crippen molar-refractivity contribution in [2.45, 2.75) is 39.7 Å². The van der Waals surface area contributed by atoms with Crippen molar-refractivity contribution in [3.63, 3.8) is 0 Å². The minimum atomic E-state index is -1.44. The van der Waals surface area contributed by atoms with Crippen molar-refractivity contribution in [3.05, 3.63) is 47.3 Å². The van der Waals surface area contributed by atoms with E-state index in [0.717, 1.165) is 0 Å². The summed E-state index contributed by atoms with van der Waals surface area (Å²) in [6.45, 7) is 8.93. The van der Waals surface area contributed by atoms with Crippen LogP contribution in [0, 0.1) is 18.2 Å². The number of halogens is 1. The van der Waals surface area contributed by atoms with Crippen LogP contribution in [0.3, 0.4) is 0 Å². The lowest BCUT2D eigenvalue weighted by atomic mass is 9.65. The first-order valence-corrected chi connectivity index (χ1v) is 12.1. The lowest BCUT2D eigenvalue weighted by molar-refractivity contribution is -0.150. The maximum Gasteiger partial charge on any atom is 0.306 e. The van der Waals surface area contributed by atoms with Crippen molar-refractivity contribution >= 4 is 17.4 Å². The molecule has 2 heterocycles. The number of benzene rings is 2. The van der Waals surface area contributed by atoms with E-state index in [1.165, 1.54) is 18.2 Å². The number of ether oxygens (including phenoxy) is 4. The summed E-state index contributed by atoms with van der Waals surface area (Å²) in [5.74, 6) is -1.16. The Hall–Kier alpha value is -3.33. The summed E-state index contributed by atoms with van der Waals surface area (Å²) >= 11 is 0. The fourth-order valence-corrected chi connectivity index (χ4v) is 4.69. The van der Waals surface area contributed by atoms with Crippen molar-refractivity contribution in [1.82, 2.24) is 0 Å². The number of phenolic OH excluding ortho intramolecular Hbond substituents is 1. The van der Waals surface area contributed by atoms with Gasteiger partial charge in [-0.15, -0.1) is 0 Å². The molecule has 2 atom stereocenters. The minimum absolute atomic E-state index is 0.0122. The Morgan fingerprint density at radius 1 is 1.22 bits per heavy atom. The van der Waals surface area contributed by atoms with Crippen LogP contribution < -0.4 is 14.4 Å². The number of Topliss-reactive ketones (excluding diaryl/α,β-unsaturated/α-hetero) is 1. The number of carbonyl (C=O) groups excluding carboxylic acids is 2. The second-order valence-electron chi connectivity index (χ2n) is 9.57. The molecule has 0 aliphatic carbocycles. The number of fused-ring (bicyclic) bond motifs is 1. The zero-order valence-corrected chi connectivity index (χ0v) is 21.1. The van der Waals surface area contributed by atoms with Crippen LogP contribution in [0.5, 0.6) is 17.2 Å². The van der Waals surface area contributed by atoms with Crippen molar-refractivity contribution < 1.29 is 38.0 Å². The number of esters is 1. The number of morpholine rings is 1. The normalized spacial score (nSPS) is 23.6. The molecular formula is C27H32FNO7. The number of hydrogen-bond donors (Lipinski definition) is 1. The first-order chi connectivity index (χ1) is 17.1. The Morgan fingerprint density at radius 3 is 2.64 bits per heavy atom. The van der Waals surface area contributed by atoms with Gasteiger partial charge in [-0.2, -0.15) is 0 Å². The van der Waals surface area contributed by atoms with Crippen LogP contribution >= 0.6 is 0 Å². The van der Waals surface area contributed by atoms with Gasteiger partial charge in [-0.05, 0) is 39.8 Å². The van der Waals surface area contributed by atoms with E-state index in [1.807, 2.05) is 4.90 Å². The molecule has 0 radical (unpaired) electrons. The molecule has 8 nitrogen and oxygen atoms in total. The summed E-state index contributed by atoms with van der Waals surface area (Å²) in [7, 11) is 0. The average molecular weight is 502 g/mol. The van der Waals surface area contributed by atoms with Crippen LogP contribution in [-0.2, 0) is 14.3 Å². The Balaban J connectivity index is 1.75. The number of rotatable bonds is 7. The highest BCUT2D eigenvalue weighted by Crippen LogP contribution is 2.51. The summed E-state index contributed by atoms with van der Waals surface area (Å²) in [6, 6.07) is 7.75. The molecular weight excluding hydrogens is 469 g/mol. The van der Waals surface area contributed by atoms with E-state index < -0.39 is 28.6 Å². The fourth-order valence-electron chi connectivity index (χ4n) is 4.69. The van der Waals surface area contributed by atoms with E-state index in [1.54, 1.807) is 39.8 Å². The molecule has 2 aromatic rings. The maximum absolute atomic E-state index is 14.1. The molecule has 0 saturated carbocycles. The average Bonchev–Trinajstić information content (AvgIpc) is 2.84. The molecule has 36 heavy (non-hydrogen) atoms. The summed E-state index contributed by atoms with van der Waals surface area (Å²) in [5, 5.41) is 10.9. The second-order valence-corrected chi connectivity index (χ2v) is 9.57. The molecule has 0 bridgehead atoms. The lowest BCUT2D eigenvalue weighted by Crippen LogP contribution is -2.60. The summed E-state index contributed by atoms with van der Waals surface area (Å²) < 4.78 is 37.1. The summed E-state index contributed by atoms with van der Waals surface area (Å²) in [4.78, 5) is 28.6. The third-order valence-corrected chi connectivity index (χ3v) is 7.20. The van der Waals surface area contributed by atoms with Crippen LogP contribution in [0.2, 0.25) is 0 Å². The van der Waals surface area contributed by atoms with E-state index >= 15 is 0 Å². The standard InChI is InChI=1S/C27H32FNO7/c1-5-34-23(31)15-26(3)25(32)24-20(30)13-18(29-9-11-33-12-10-29)14-22(24)36-27(26,4)16-35-21-8-6-7-19(28)17(21)2/h6-8,13-14,30H,5,9-12,15-16H2,1-4H3. The second kappa shape index (κ2) is 9.97. The van der Waals surface area contributed by atoms with Gasteiger partial charge < -0.3 is 29.0 Å². The van der Waals surface area contributed by atoms with Crippen molar-refractivity contribution in [2.24, 2.45) is 5.41 Å². The fraction of sp³-hybridized carbons (Fsp3) is 0.481. The van der Waals surface area contributed by atoms with E-state index in [0.29, 0.717) is 43.3 Å². The highest BCUT2D eigenvalue weighted by molar-refractivity contribution is 6.08. The van der Waals surface area contributed by atoms with Gasteiger partial charge in [-0.25, -0.2) is 4.39 Å². The smallest absolute Gasteiger partial charge is 0.306 e. The quantitative estimate of drug-likeness (QED) is 0.568. The van der Waals surface area contributed by atoms with Gasteiger partial charge in [0.05, 0.1) is 31.7 Å². The van der Waals surface area contributed by atoms with E-state index in [4.69, 9.17) is 18.9 Å². The van der Waals surface area contributed by atoms with E-state index in [2.05, 4.69) is 0 Å². The predicted octanol–water partition coefficient (Wildman–Crippen LogP) is 4.05. The molecule has 2 unspecified atom stereocenters. The molecule has 1 saturated heterocycles. The monoisotopic (exact) mass is 501 g/mol. The molecule has 0 spiro atoms. The number of anilines is 1. The van der Waals surface area contributed by atoms with Gasteiger partial charge in [-0.3, -0.25) is 9.59 Å². The van der Waals surface area contributed by atoms with Gasteiger partial charge in [0.25, 0.3) is 0 Å². The molecule has 9 heteroatoms. The third kappa shape index (κ3) is 4.59. The number of nitrogens with zero attached hydrogens (tertiary/aromatic N) is 1. The molecule has 1 fully saturated rings. The van der Waals surface area contributed by atoms with Crippen molar-refractivity contribution in [2.75, 3.05) is 44.4 Å². The van der Waals surface area contributed by atoms with Gasteiger partial charge in [0.1, 0.15) is 35.2 Å². The van der Waals surface area contributed by atoms with Crippen LogP contribution in [0.1, 0.15) is 43.1 Å². The van der Waals surface area contributed by atoms with Crippen molar-refractivity contribution in [1.29, 1.82) is 0 Å². The molecule has 2 aliphatic heterocycles. The highest BCUT2D eigenvalue weighted by Gasteiger charge is 2.58. The molecule has 0 aromatic heterocycles. The molecule has 194 valence electrons. The number of carbonyl (C=O) groups is 2. The Kier molecular flexibility index (Phi) is 7.13. The Morgan fingerprint density at radius 2 is 1.94 bits per heavy atom. The molecule has 4 rings (SSSR count). The summed E-state index contributed by atoms with van der Waals surface area (Å²) in [6.07, 6.45) is -0.286. The minimum Gasteiger partial charge on any atom is -0.507 e. The third-order valence-electron chi connectivity index (χ3n) is 7.20. The molecule has 2 aromatic carbocycles. The van der Waals surface area contributed by atoms with Crippen molar-refractivity contribution in [3.8, 4) is 17.2 Å². The van der Waals surface area contributed by atoms with Gasteiger partial charge >= 0.3 is 5.97 Å². The SMILES string of the molecule is CCOC(=O)CC1(C)C(=O)c2c(O)cc(N3CCOCC3)cc2OC1(C)COc1cccc(F)c1C. The van der Waals surface area contributed by atoms with Gasteiger partial charge in [0, 0.05) is 36.5 Å².